The molecule has 0 spiro atoms. The molecule has 0 saturated heterocycles. The van der Waals surface area contributed by atoms with Crippen LogP contribution in [0.4, 0.5) is 13.2 Å². The first-order valence-electron chi connectivity index (χ1n) is 5.69. The van der Waals surface area contributed by atoms with Gasteiger partial charge < -0.3 is 9.88 Å². The van der Waals surface area contributed by atoms with Crippen molar-refractivity contribution in [1.29, 1.82) is 0 Å². The second kappa shape index (κ2) is 5.35. The third-order valence-corrected chi connectivity index (χ3v) is 2.60. The van der Waals surface area contributed by atoms with Gasteiger partial charge in [0.15, 0.2) is 5.69 Å². The molecule has 0 atom stereocenters. The molecule has 0 aliphatic heterocycles. The molecule has 0 bridgehead atoms. The Bertz CT molecular complexity index is 575. The fourth-order valence-electron chi connectivity index (χ4n) is 1.56. The molecule has 0 aliphatic carbocycles. The number of hydrogen-bond acceptors (Lipinski definition) is 3. The van der Waals surface area contributed by atoms with Crippen LogP contribution in [-0.2, 0) is 24.1 Å². The molecule has 108 valence electrons. The lowest BCUT2D eigenvalue weighted by molar-refractivity contribution is -0.142. The highest BCUT2D eigenvalue weighted by Crippen LogP contribution is 2.27. The molecule has 20 heavy (non-hydrogen) atoms. The van der Waals surface area contributed by atoms with Gasteiger partial charge in [-0.05, 0) is 6.07 Å². The van der Waals surface area contributed by atoms with E-state index in [9.17, 15) is 18.0 Å². The van der Waals surface area contributed by atoms with Crippen LogP contribution >= 0.6 is 0 Å². The van der Waals surface area contributed by atoms with Gasteiger partial charge in [-0.2, -0.15) is 18.3 Å². The average molecular weight is 287 g/mol. The largest absolute Gasteiger partial charge is 0.435 e. The number of halogens is 3. The second-order valence-electron chi connectivity index (χ2n) is 4.18. The highest BCUT2D eigenvalue weighted by Gasteiger charge is 2.33. The van der Waals surface area contributed by atoms with Crippen molar-refractivity contribution in [2.75, 3.05) is 7.05 Å². The van der Waals surface area contributed by atoms with E-state index in [4.69, 9.17) is 0 Å². The van der Waals surface area contributed by atoms with Gasteiger partial charge in [-0.3, -0.25) is 9.48 Å². The highest BCUT2D eigenvalue weighted by molar-refractivity contribution is 5.75. The maximum Gasteiger partial charge on any atom is 0.435 e. The van der Waals surface area contributed by atoms with Crippen LogP contribution < -0.4 is 0 Å². The summed E-state index contributed by atoms with van der Waals surface area (Å²) in [7, 11) is 1.54. The van der Waals surface area contributed by atoms with Crippen LogP contribution in [0.25, 0.3) is 0 Å². The number of carbonyl (C=O) groups is 1. The Hall–Kier alpha value is -2.32. The first-order chi connectivity index (χ1) is 9.36. The predicted octanol–water partition coefficient (Wildman–Crippen LogP) is 1.28. The highest BCUT2D eigenvalue weighted by atomic mass is 19.4. The number of rotatable bonds is 4. The Morgan fingerprint density at radius 1 is 1.50 bits per heavy atom. The first-order valence-corrected chi connectivity index (χ1v) is 5.69. The van der Waals surface area contributed by atoms with E-state index >= 15 is 0 Å². The molecule has 0 aromatic carbocycles. The van der Waals surface area contributed by atoms with E-state index in [0.29, 0.717) is 5.82 Å². The third kappa shape index (κ3) is 3.37. The molecule has 0 radical (unpaired) electrons. The van der Waals surface area contributed by atoms with Gasteiger partial charge in [-0.25, -0.2) is 4.98 Å². The molecule has 2 aromatic rings. The number of imidazole rings is 1. The van der Waals surface area contributed by atoms with Gasteiger partial charge >= 0.3 is 6.18 Å². The van der Waals surface area contributed by atoms with E-state index in [0.717, 1.165) is 16.9 Å². The van der Waals surface area contributed by atoms with E-state index in [1.165, 1.54) is 4.90 Å². The average Bonchev–Trinajstić information content (AvgIpc) is 2.98. The maximum absolute atomic E-state index is 12.4. The summed E-state index contributed by atoms with van der Waals surface area (Å²) in [5.74, 6) is 0.232. The summed E-state index contributed by atoms with van der Waals surface area (Å²) in [6.45, 7) is -0.00742. The van der Waals surface area contributed by atoms with Crippen LogP contribution in [0.2, 0.25) is 0 Å². The van der Waals surface area contributed by atoms with Crippen molar-refractivity contribution < 1.29 is 18.0 Å². The molecule has 0 aliphatic rings. The monoisotopic (exact) mass is 287 g/mol. The number of amides is 1. The third-order valence-electron chi connectivity index (χ3n) is 2.60. The van der Waals surface area contributed by atoms with Crippen molar-refractivity contribution in [3.05, 3.63) is 36.2 Å². The zero-order chi connectivity index (χ0) is 14.8. The predicted molar refractivity (Wildman–Crippen MR) is 62.3 cm³/mol. The van der Waals surface area contributed by atoms with Crippen molar-refractivity contribution in [3.63, 3.8) is 0 Å². The number of nitrogens with zero attached hydrogens (tertiary/aromatic N) is 4. The van der Waals surface area contributed by atoms with Crippen molar-refractivity contribution in [1.82, 2.24) is 24.6 Å². The SMILES string of the molecule is CN(Cc1ncc[nH]1)C(=O)Cn1ccc(C(F)(F)F)n1. The number of likely N-dealkylation sites (N-methyl/N-ethyl adjacent to an activating group) is 1. The smallest absolute Gasteiger partial charge is 0.347 e. The molecule has 0 fully saturated rings. The fraction of sp³-hybridized carbons (Fsp3) is 0.364. The van der Waals surface area contributed by atoms with E-state index in [2.05, 4.69) is 15.1 Å². The van der Waals surface area contributed by atoms with E-state index in [1.54, 1.807) is 19.4 Å². The Morgan fingerprint density at radius 2 is 2.25 bits per heavy atom. The van der Waals surface area contributed by atoms with Crippen LogP contribution in [0.1, 0.15) is 11.5 Å². The summed E-state index contributed by atoms with van der Waals surface area (Å²) < 4.78 is 38.1. The topological polar surface area (TPSA) is 66.8 Å². The minimum Gasteiger partial charge on any atom is -0.347 e. The van der Waals surface area contributed by atoms with Gasteiger partial charge in [0.1, 0.15) is 12.4 Å². The molecule has 9 heteroatoms. The number of H-pyrrole nitrogens is 1. The number of aromatic amines is 1. The maximum atomic E-state index is 12.4. The molecule has 2 heterocycles. The van der Waals surface area contributed by atoms with Crippen LogP contribution in [-0.4, -0.2) is 37.6 Å². The molecule has 1 N–H and O–H groups in total. The zero-order valence-corrected chi connectivity index (χ0v) is 10.6. The summed E-state index contributed by atoms with van der Waals surface area (Å²) in [5.41, 5.74) is -1.01. The summed E-state index contributed by atoms with van der Waals surface area (Å²) in [6.07, 6.45) is -0.205. The van der Waals surface area contributed by atoms with E-state index < -0.39 is 11.9 Å². The Labute approximate surface area is 112 Å². The zero-order valence-electron chi connectivity index (χ0n) is 10.6. The molecule has 0 saturated carbocycles. The van der Waals surface area contributed by atoms with Crippen molar-refractivity contribution >= 4 is 5.91 Å². The summed E-state index contributed by atoms with van der Waals surface area (Å²) >= 11 is 0. The first kappa shape index (κ1) is 14.1. The van der Waals surface area contributed by atoms with Gasteiger partial charge in [0.25, 0.3) is 0 Å². The quantitative estimate of drug-likeness (QED) is 0.921. The van der Waals surface area contributed by atoms with Crippen LogP contribution in [0.3, 0.4) is 0 Å². The lowest BCUT2D eigenvalue weighted by Gasteiger charge is -2.15. The molecular formula is C11H12F3N5O. The van der Waals surface area contributed by atoms with E-state index in [1.807, 2.05) is 0 Å². The van der Waals surface area contributed by atoms with Gasteiger partial charge in [0.05, 0.1) is 6.54 Å². The van der Waals surface area contributed by atoms with Crippen LogP contribution in [0, 0.1) is 0 Å². The molecular weight excluding hydrogens is 275 g/mol. The Morgan fingerprint density at radius 3 is 2.80 bits per heavy atom. The van der Waals surface area contributed by atoms with Crippen molar-refractivity contribution in [2.45, 2.75) is 19.3 Å². The second-order valence-corrected chi connectivity index (χ2v) is 4.18. The van der Waals surface area contributed by atoms with Gasteiger partial charge in [-0.15, -0.1) is 0 Å². The summed E-state index contributed by atoms with van der Waals surface area (Å²) in [6, 6.07) is 0.833. The molecule has 6 nitrogen and oxygen atoms in total. The normalized spacial score (nSPS) is 11.6. The Balaban J connectivity index is 1.95. The van der Waals surface area contributed by atoms with Crippen molar-refractivity contribution in [2.24, 2.45) is 0 Å². The number of hydrogen-bond donors (Lipinski definition) is 1. The minimum absolute atomic E-state index is 0.249. The fourth-order valence-corrected chi connectivity index (χ4v) is 1.56. The molecule has 1 amide bonds. The molecule has 0 unspecified atom stereocenters. The number of nitrogens with one attached hydrogen (secondary N) is 1. The van der Waals surface area contributed by atoms with Crippen LogP contribution in [0.5, 0.6) is 0 Å². The van der Waals surface area contributed by atoms with Gasteiger partial charge in [0, 0.05) is 25.6 Å². The summed E-state index contributed by atoms with van der Waals surface area (Å²) in [4.78, 5) is 20.0. The minimum atomic E-state index is -4.51. The number of aromatic nitrogens is 4. The summed E-state index contributed by atoms with van der Waals surface area (Å²) in [5, 5.41) is 3.32. The molecule has 2 aromatic heterocycles. The lowest BCUT2D eigenvalue weighted by atomic mass is 10.4. The van der Waals surface area contributed by atoms with E-state index in [-0.39, 0.29) is 19.0 Å². The number of alkyl halides is 3. The standard InChI is InChI=1S/C11H12F3N5O/c1-18(6-9-15-3-4-16-9)10(20)7-19-5-2-8(17-19)11(12,13)14/h2-5H,6-7H2,1H3,(H,15,16). The van der Waals surface area contributed by atoms with Gasteiger partial charge in [-0.1, -0.05) is 0 Å². The molecule has 2 rings (SSSR count). The van der Waals surface area contributed by atoms with Crippen molar-refractivity contribution in [3.8, 4) is 0 Å². The lowest BCUT2D eigenvalue weighted by Crippen LogP contribution is -2.30. The number of carbonyl (C=O) groups excluding carboxylic acids is 1. The van der Waals surface area contributed by atoms with Crippen LogP contribution in [0.15, 0.2) is 24.7 Å². The Kier molecular flexibility index (Phi) is 3.77. The van der Waals surface area contributed by atoms with Gasteiger partial charge in [0.2, 0.25) is 5.91 Å².